The Morgan fingerprint density at radius 3 is 2.56 bits per heavy atom. The predicted molar refractivity (Wildman–Crippen MR) is 79.0 cm³/mol. The largest absolute Gasteiger partial charge is 0.223 e. The maximum absolute atomic E-state index is 12.2. The molecule has 0 spiro atoms. The third-order valence-corrected chi connectivity index (χ3v) is 6.61. The normalized spacial score (nSPS) is 21.0. The van der Waals surface area contributed by atoms with Gasteiger partial charge in [0.1, 0.15) is 5.75 Å². The first-order chi connectivity index (χ1) is 8.53. The van der Waals surface area contributed by atoms with E-state index in [0.29, 0.717) is 10.1 Å². The van der Waals surface area contributed by atoms with Crippen molar-refractivity contribution >= 4 is 42.9 Å². The molecular weight excluding hydrogens is 292 g/mol. The third-order valence-electron chi connectivity index (χ3n) is 2.53. The minimum atomic E-state index is -3.36. The summed E-state index contributed by atoms with van der Waals surface area (Å²) in [5.41, 5.74) is 1.75. The highest BCUT2D eigenvalue weighted by molar-refractivity contribution is 8.40. The summed E-state index contributed by atoms with van der Waals surface area (Å²) in [4.78, 5) is 0.271. The molecule has 0 bridgehead atoms. The Hall–Kier alpha value is -0.850. The van der Waals surface area contributed by atoms with Crippen molar-refractivity contribution in [3.63, 3.8) is 0 Å². The van der Waals surface area contributed by atoms with E-state index in [1.165, 1.54) is 12.1 Å². The van der Waals surface area contributed by atoms with Gasteiger partial charge in [-0.2, -0.15) is 16.0 Å². The summed E-state index contributed by atoms with van der Waals surface area (Å²) in [6, 6.07) is 6.18. The number of hydrogen-bond donors (Lipinski definition) is 1. The molecule has 2 rings (SSSR count). The number of nitrogens with zero attached hydrogens (tertiary/aromatic N) is 2. The zero-order valence-corrected chi connectivity index (χ0v) is 12.2. The Kier molecular flexibility index (Phi) is 4.09. The van der Waals surface area contributed by atoms with Crippen molar-refractivity contribution < 1.29 is 8.42 Å². The highest BCUT2D eigenvalue weighted by Crippen LogP contribution is 2.29. The minimum Gasteiger partial charge on any atom is -0.223 e. The smallest absolute Gasteiger partial charge is 0.184 e. The molecule has 1 atom stereocenters. The van der Waals surface area contributed by atoms with E-state index in [4.69, 9.17) is 11.6 Å². The molecule has 1 aromatic carbocycles. The van der Waals surface area contributed by atoms with Gasteiger partial charge in [0.25, 0.3) is 0 Å². The van der Waals surface area contributed by atoms with Gasteiger partial charge in [-0.05, 0) is 30.0 Å². The van der Waals surface area contributed by atoms with Crippen LogP contribution in [0.4, 0.5) is 0 Å². The predicted octanol–water partition coefficient (Wildman–Crippen LogP) is 2.49. The number of sulfone groups is 1. The quantitative estimate of drug-likeness (QED) is 0.869. The minimum absolute atomic E-state index is 0.0613. The van der Waals surface area contributed by atoms with Crippen LogP contribution in [0.1, 0.15) is 6.92 Å². The van der Waals surface area contributed by atoms with Gasteiger partial charge in [-0.1, -0.05) is 18.5 Å². The number of hydrogen-bond acceptors (Lipinski definition) is 4. The molecule has 0 saturated heterocycles. The van der Waals surface area contributed by atoms with E-state index in [2.05, 4.69) is 10.2 Å². The molecule has 0 amide bonds. The van der Waals surface area contributed by atoms with E-state index < -0.39 is 20.7 Å². The average molecular weight is 305 g/mol. The zero-order chi connectivity index (χ0) is 13.2. The van der Waals surface area contributed by atoms with Crippen LogP contribution in [0.5, 0.6) is 0 Å². The molecule has 1 unspecified atom stereocenters. The second-order valence-corrected chi connectivity index (χ2v) is 8.49. The van der Waals surface area contributed by atoms with Crippen LogP contribution in [-0.2, 0) is 9.84 Å². The molecule has 0 saturated carbocycles. The Balaban J connectivity index is 2.20. The first-order valence-electron chi connectivity index (χ1n) is 5.38. The van der Waals surface area contributed by atoms with Crippen LogP contribution >= 0.6 is 22.5 Å². The summed E-state index contributed by atoms with van der Waals surface area (Å²) >= 11 is 5.74. The fraction of sp³-hybridized carbons (Fsp3) is 0.273. The van der Waals surface area contributed by atoms with Crippen molar-refractivity contribution in [1.29, 1.82) is 0 Å². The SMILES string of the molecule is CC[SH]1C=NN=C1CS(=O)(=O)c1ccc(Cl)cc1. The topological polar surface area (TPSA) is 58.9 Å². The molecule has 1 heterocycles. The standard InChI is InChI=1S/C11H13ClN2O2S2/c1-2-17-8-13-14-11(17)7-18(15,16)10-5-3-9(12)4-6-10/h3-6,8,17H,2,7H2,1H3. The molecule has 0 aromatic heterocycles. The monoisotopic (exact) mass is 304 g/mol. The van der Waals surface area contributed by atoms with Gasteiger partial charge in [0.15, 0.2) is 9.84 Å². The molecule has 0 fully saturated rings. The first-order valence-corrected chi connectivity index (χ1v) is 9.00. The van der Waals surface area contributed by atoms with Crippen LogP contribution < -0.4 is 0 Å². The molecule has 18 heavy (non-hydrogen) atoms. The molecule has 98 valence electrons. The molecule has 1 aromatic rings. The number of benzene rings is 1. The van der Waals surface area contributed by atoms with Crippen molar-refractivity contribution in [3.8, 4) is 0 Å². The molecule has 0 N–H and O–H groups in total. The lowest BCUT2D eigenvalue weighted by molar-refractivity contribution is 0.600. The summed E-state index contributed by atoms with van der Waals surface area (Å²) in [6.45, 7) is 2.01. The van der Waals surface area contributed by atoms with Crippen LogP contribution in [0.15, 0.2) is 39.4 Å². The Bertz CT molecular complexity index is 594. The van der Waals surface area contributed by atoms with Crippen LogP contribution in [0.25, 0.3) is 0 Å². The summed E-state index contributed by atoms with van der Waals surface area (Å²) < 4.78 is 24.4. The van der Waals surface area contributed by atoms with E-state index in [9.17, 15) is 8.42 Å². The average Bonchev–Trinajstić information content (AvgIpc) is 2.76. The Labute approximate surface area is 114 Å². The maximum atomic E-state index is 12.2. The van der Waals surface area contributed by atoms with E-state index >= 15 is 0 Å². The zero-order valence-electron chi connectivity index (χ0n) is 9.75. The second-order valence-electron chi connectivity index (χ2n) is 3.75. The molecule has 0 aliphatic carbocycles. The van der Waals surface area contributed by atoms with Crippen LogP contribution in [0.3, 0.4) is 0 Å². The lowest BCUT2D eigenvalue weighted by Crippen LogP contribution is -2.16. The van der Waals surface area contributed by atoms with Crippen molar-refractivity contribution in [3.05, 3.63) is 29.3 Å². The number of halogens is 1. The van der Waals surface area contributed by atoms with E-state index in [0.717, 1.165) is 5.75 Å². The van der Waals surface area contributed by atoms with Gasteiger partial charge in [-0.25, -0.2) is 8.42 Å². The van der Waals surface area contributed by atoms with E-state index in [1.807, 2.05) is 6.92 Å². The summed E-state index contributed by atoms with van der Waals surface area (Å²) in [6.07, 6.45) is 0. The van der Waals surface area contributed by atoms with Crippen LogP contribution in [-0.4, -0.2) is 30.5 Å². The fourth-order valence-corrected chi connectivity index (χ4v) is 4.97. The number of rotatable bonds is 4. The van der Waals surface area contributed by atoms with Gasteiger partial charge in [-0.3, -0.25) is 0 Å². The molecule has 0 radical (unpaired) electrons. The Morgan fingerprint density at radius 1 is 1.28 bits per heavy atom. The molecule has 1 aliphatic heterocycles. The third kappa shape index (κ3) is 2.93. The van der Waals surface area contributed by atoms with Gasteiger partial charge in [0.2, 0.25) is 0 Å². The first kappa shape index (κ1) is 13.6. The van der Waals surface area contributed by atoms with Crippen LogP contribution in [0.2, 0.25) is 5.02 Å². The van der Waals surface area contributed by atoms with Gasteiger partial charge in [0.05, 0.1) is 15.5 Å². The molecule has 4 nitrogen and oxygen atoms in total. The summed E-state index contributed by atoms with van der Waals surface area (Å²) in [5.74, 6) is 0.808. The van der Waals surface area contributed by atoms with Gasteiger partial charge in [0, 0.05) is 5.02 Å². The van der Waals surface area contributed by atoms with Gasteiger partial charge in [-0.15, -0.1) is 5.10 Å². The lowest BCUT2D eigenvalue weighted by atomic mass is 10.4. The van der Waals surface area contributed by atoms with Crippen LogP contribution in [0, 0.1) is 0 Å². The second kappa shape index (κ2) is 5.42. The fourth-order valence-electron chi connectivity index (χ4n) is 1.55. The number of thiol groups is 1. The van der Waals surface area contributed by atoms with Crippen molar-refractivity contribution in [2.75, 3.05) is 11.5 Å². The van der Waals surface area contributed by atoms with Gasteiger partial charge >= 0.3 is 0 Å². The van der Waals surface area contributed by atoms with Crippen molar-refractivity contribution in [2.24, 2.45) is 10.2 Å². The van der Waals surface area contributed by atoms with E-state index in [1.54, 1.807) is 17.7 Å². The van der Waals surface area contributed by atoms with Crippen molar-refractivity contribution in [1.82, 2.24) is 0 Å². The highest BCUT2D eigenvalue weighted by Gasteiger charge is 2.22. The summed E-state index contributed by atoms with van der Waals surface area (Å²) in [7, 11) is -3.97. The summed E-state index contributed by atoms with van der Waals surface area (Å²) in [5, 5.41) is 8.93. The van der Waals surface area contributed by atoms with E-state index in [-0.39, 0.29) is 10.6 Å². The lowest BCUT2D eigenvalue weighted by Gasteiger charge is -2.12. The molecular formula is C11H13ClN2O2S2. The maximum Gasteiger partial charge on any atom is 0.184 e. The Morgan fingerprint density at radius 2 is 1.94 bits per heavy atom. The highest BCUT2D eigenvalue weighted by atomic mass is 35.5. The molecule has 1 aliphatic rings. The molecule has 7 heteroatoms. The van der Waals surface area contributed by atoms with Crippen molar-refractivity contribution in [2.45, 2.75) is 11.8 Å². The van der Waals surface area contributed by atoms with Gasteiger partial charge < -0.3 is 0 Å².